The second-order valence-electron chi connectivity index (χ2n) is 5.07. The molecule has 0 aliphatic rings. The van der Waals surface area contributed by atoms with Crippen LogP contribution in [0.1, 0.15) is 19.4 Å². The van der Waals surface area contributed by atoms with E-state index in [9.17, 15) is 4.79 Å². The largest absolute Gasteiger partial charge is 0.324 e. The summed E-state index contributed by atoms with van der Waals surface area (Å²) in [5, 5.41) is 3.98. The van der Waals surface area contributed by atoms with Crippen LogP contribution >= 0.6 is 23.2 Å². The van der Waals surface area contributed by atoms with Crippen LogP contribution in [0.5, 0.6) is 0 Å². The third kappa shape index (κ3) is 3.14. The number of amides is 1. The standard InChI is InChI=1S/C16H15Cl2NO/c1-16(2,11-6-5-7-12(17)10-11)15(20)19-14-9-4-3-8-13(14)18/h3-10H,1-2H3,(H,19,20). The number of carbonyl (C=O) groups excluding carboxylic acids is 1. The predicted octanol–water partition coefficient (Wildman–Crippen LogP) is 4.91. The van der Waals surface area contributed by atoms with Crippen LogP contribution in [0.2, 0.25) is 10.0 Å². The summed E-state index contributed by atoms with van der Waals surface area (Å²) >= 11 is 12.0. The molecule has 0 bridgehead atoms. The molecule has 2 rings (SSSR count). The molecule has 1 N–H and O–H groups in total. The summed E-state index contributed by atoms with van der Waals surface area (Å²) < 4.78 is 0. The molecule has 1 amide bonds. The van der Waals surface area contributed by atoms with E-state index in [-0.39, 0.29) is 5.91 Å². The van der Waals surface area contributed by atoms with Gasteiger partial charge in [-0.2, -0.15) is 0 Å². The highest BCUT2D eigenvalue weighted by atomic mass is 35.5. The molecular weight excluding hydrogens is 293 g/mol. The molecule has 0 aliphatic heterocycles. The van der Waals surface area contributed by atoms with Gasteiger partial charge in [-0.25, -0.2) is 0 Å². The number of hydrogen-bond donors (Lipinski definition) is 1. The molecule has 2 aromatic carbocycles. The zero-order valence-electron chi connectivity index (χ0n) is 11.3. The van der Waals surface area contributed by atoms with Crippen LogP contribution in [0, 0.1) is 0 Å². The summed E-state index contributed by atoms with van der Waals surface area (Å²) in [7, 11) is 0. The number of nitrogens with one attached hydrogen (secondary N) is 1. The molecule has 0 heterocycles. The van der Waals surface area contributed by atoms with Crippen molar-refractivity contribution in [2.24, 2.45) is 0 Å². The molecule has 2 nitrogen and oxygen atoms in total. The van der Waals surface area contributed by atoms with Crippen LogP contribution in [0.3, 0.4) is 0 Å². The molecule has 4 heteroatoms. The van der Waals surface area contributed by atoms with E-state index < -0.39 is 5.41 Å². The van der Waals surface area contributed by atoms with Crippen molar-refractivity contribution >= 4 is 34.8 Å². The van der Waals surface area contributed by atoms with Crippen molar-refractivity contribution in [2.45, 2.75) is 19.3 Å². The Hall–Kier alpha value is -1.51. The van der Waals surface area contributed by atoms with E-state index in [4.69, 9.17) is 23.2 Å². The predicted molar refractivity (Wildman–Crippen MR) is 84.6 cm³/mol. The number of hydrogen-bond acceptors (Lipinski definition) is 1. The Labute approximate surface area is 128 Å². The molecule has 0 saturated heterocycles. The van der Waals surface area contributed by atoms with E-state index in [1.54, 1.807) is 24.3 Å². The van der Waals surface area contributed by atoms with Gasteiger partial charge < -0.3 is 5.32 Å². The number of benzene rings is 2. The molecule has 0 radical (unpaired) electrons. The lowest BCUT2D eigenvalue weighted by Gasteiger charge is -2.24. The van der Waals surface area contributed by atoms with Crippen molar-refractivity contribution in [1.29, 1.82) is 0 Å². The maximum absolute atomic E-state index is 12.5. The Morgan fingerprint density at radius 3 is 2.40 bits per heavy atom. The van der Waals surface area contributed by atoms with Gasteiger partial charge >= 0.3 is 0 Å². The molecule has 20 heavy (non-hydrogen) atoms. The highest BCUT2D eigenvalue weighted by Gasteiger charge is 2.30. The smallest absolute Gasteiger partial charge is 0.234 e. The normalized spacial score (nSPS) is 11.2. The summed E-state index contributed by atoms with van der Waals surface area (Å²) in [6.45, 7) is 3.70. The molecule has 0 spiro atoms. The molecule has 0 fully saturated rings. The van der Waals surface area contributed by atoms with Crippen molar-refractivity contribution in [3.8, 4) is 0 Å². The van der Waals surface area contributed by atoms with Gasteiger partial charge in [0.15, 0.2) is 0 Å². The fraction of sp³-hybridized carbons (Fsp3) is 0.188. The third-order valence-corrected chi connectivity index (χ3v) is 3.80. The van der Waals surface area contributed by atoms with E-state index in [0.717, 1.165) is 5.56 Å². The Balaban J connectivity index is 2.26. The van der Waals surface area contributed by atoms with Gasteiger partial charge in [0, 0.05) is 5.02 Å². The minimum Gasteiger partial charge on any atom is -0.324 e. The van der Waals surface area contributed by atoms with Gasteiger partial charge in [0.2, 0.25) is 5.91 Å². The Kier molecular flexibility index (Phi) is 4.36. The number of carbonyl (C=O) groups is 1. The Morgan fingerprint density at radius 2 is 1.75 bits per heavy atom. The average molecular weight is 308 g/mol. The number of anilines is 1. The molecule has 0 aromatic heterocycles. The lowest BCUT2D eigenvalue weighted by molar-refractivity contribution is -0.120. The quantitative estimate of drug-likeness (QED) is 0.857. The first kappa shape index (κ1) is 14.9. The Morgan fingerprint density at radius 1 is 1.05 bits per heavy atom. The van der Waals surface area contributed by atoms with Crippen molar-refractivity contribution in [2.75, 3.05) is 5.32 Å². The first-order chi connectivity index (χ1) is 9.41. The molecule has 0 saturated carbocycles. The van der Waals surface area contributed by atoms with Crippen molar-refractivity contribution in [3.05, 3.63) is 64.1 Å². The first-order valence-corrected chi connectivity index (χ1v) is 6.99. The zero-order valence-corrected chi connectivity index (χ0v) is 12.8. The van der Waals surface area contributed by atoms with E-state index in [1.807, 2.05) is 38.1 Å². The molecule has 0 unspecified atom stereocenters. The van der Waals surface area contributed by atoms with Gasteiger partial charge in [0.25, 0.3) is 0 Å². The van der Waals surface area contributed by atoms with Crippen LogP contribution in [0.25, 0.3) is 0 Å². The van der Waals surface area contributed by atoms with Gasteiger partial charge in [-0.05, 0) is 43.7 Å². The van der Waals surface area contributed by atoms with E-state index in [1.165, 1.54) is 0 Å². The fourth-order valence-corrected chi connectivity index (χ4v) is 2.22. The van der Waals surface area contributed by atoms with Crippen molar-refractivity contribution in [3.63, 3.8) is 0 Å². The summed E-state index contributed by atoms with van der Waals surface area (Å²) in [5.41, 5.74) is 0.758. The minimum atomic E-state index is -0.704. The topological polar surface area (TPSA) is 29.1 Å². The summed E-state index contributed by atoms with van der Waals surface area (Å²) in [4.78, 5) is 12.5. The first-order valence-electron chi connectivity index (χ1n) is 6.23. The third-order valence-electron chi connectivity index (χ3n) is 3.24. The van der Waals surface area contributed by atoms with Gasteiger partial charge in [0.1, 0.15) is 0 Å². The Bertz CT molecular complexity index is 638. The van der Waals surface area contributed by atoms with Crippen LogP contribution < -0.4 is 5.32 Å². The molecule has 104 valence electrons. The van der Waals surface area contributed by atoms with Crippen LogP contribution in [-0.2, 0) is 10.2 Å². The maximum atomic E-state index is 12.5. The number of rotatable bonds is 3. The maximum Gasteiger partial charge on any atom is 0.234 e. The second kappa shape index (κ2) is 5.86. The van der Waals surface area contributed by atoms with E-state index in [0.29, 0.717) is 15.7 Å². The summed E-state index contributed by atoms with van der Waals surface area (Å²) in [5.74, 6) is -0.132. The van der Waals surface area contributed by atoms with Gasteiger partial charge in [0.05, 0.1) is 16.1 Å². The van der Waals surface area contributed by atoms with E-state index >= 15 is 0 Å². The highest BCUT2D eigenvalue weighted by Crippen LogP contribution is 2.29. The lowest BCUT2D eigenvalue weighted by atomic mass is 9.83. The molecular formula is C16H15Cl2NO. The summed E-state index contributed by atoms with van der Waals surface area (Å²) in [6, 6.07) is 14.5. The van der Waals surface area contributed by atoms with E-state index in [2.05, 4.69) is 5.32 Å². The average Bonchev–Trinajstić information content (AvgIpc) is 2.41. The van der Waals surface area contributed by atoms with Gasteiger partial charge in [-0.1, -0.05) is 47.5 Å². The van der Waals surface area contributed by atoms with Crippen LogP contribution in [0.15, 0.2) is 48.5 Å². The molecule has 0 atom stereocenters. The van der Waals surface area contributed by atoms with Crippen molar-refractivity contribution < 1.29 is 4.79 Å². The number of para-hydroxylation sites is 1. The molecule has 0 aliphatic carbocycles. The fourth-order valence-electron chi connectivity index (χ4n) is 1.85. The minimum absolute atomic E-state index is 0.132. The lowest BCUT2D eigenvalue weighted by Crippen LogP contribution is -2.34. The van der Waals surface area contributed by atoms with Crippen molar-refractivity contribution in [1.82, 2.24) is 0 Å². The van der Waals surface area contributed by atoms with Gasteiger partial charge in [-0.15, -0.1) is 0 Å². The zero-order chi connectivity index (χ0) is 14.8. The number of halogens is 2. The second-order valence-corrected chi connectivity index (χ2v) is 5.91. The highest BCUT2D eigenvalue weighted by molar-refractivity contribution is 6.33. The van der Waals surface area contributed by atoms with Crippen LogP contribution in [-0.4, -0.2) is 5.91 Å². The molecule has 2 aromatic rings. The SMILES string of the molecule is CC(C)(C(=O)Nc1ccccc1Cl)c1cccc(Cl)c1. The monoisotopic (exact) mass is 307 g/mol. The van der Waals surface area contributed by atoms with Crippen LogP contribution in [0.4, 0.5) is 5.69 Å². The summed E-state index contributed by atoms with van der Waals surface area (Å²) in [6.07, 6.45) is 0. The van der Waals surface area contributed by atoms with Gasteiger partial charge in [-0.3, -0.25) is 4.79 Å².